The monoisotopic (exact) mass is 163 g/mol. The third-order valence-corrected chi connectivity index (χ3v) is 1.24. The first-order valence-electron chi connectivity index (χ1n) is 3.28. The lowest BCUT2D eigenvalue weighted by atomic mass is 10.2. The second-order valence-electron chi connectivity index (χ2n) is 2.24. The maximum absolute atomic E-state index is 10.4. The van der Waals surface area contributed by atoms with Gasteiger partial charge in [-0.2, -0.15) is 0 Å². The van der Waals surface area contributed by atoms with Crippen LogP contribution in [0.1, 0.15) is 6.92 Å². The number of nitrogens with one attached hydrogen (secondary N) is 1. The van der Waals surface area contributed by atoms with E-state index in [2.05, 4.69) is 5.32 Å². The number of aliphatic hydroxyl groups is 3. The van der Waals surface area contributed by atoms with Crippen molar-refractivity contribution in [2.45, 2.75) is 19.1 Å². The van der Waals surface area contributed by atoms with Crippen molar-refractivity contribution in [1.82, 2.24) is 5.32 Å². The van der Waals surface area contributed by atoms with Crippen LogP contribution in [0.5, 0.6) is 0 Å². The molecule has 0 saturated carbocycles. The number of rotatable bonds is 4. The molecule has 0 unspecified atom stereocenters. The fourth-order valence-corrected chi connectivity index (χ4v) is 0.652. The summed E-state index contributed by atoms with van der Waals surface area (Å²) in [4.78, 5) is 10.4. The molecule has 0 aliphatic heterocycles. The Morgan fingerprint density at radius 1 is 1.45 bits per heavy atom. The van der Waals surface area contributed by atoms with Gasteiger partial charge in [-0.25, -0.2) is 0 Å². The zero-order valence-corrected chi connectivity index (χ0v) is 6.32. The standard InChI is InChI=1S/C6H13NO4/c1-4(10)7-5(2-8)6(11)3-9/h5-6,8-9,11H,2-3H2,1H3,(H,7,10)/t5-,6+/m1/s1. The summed E-state index contributed by atoms with van der Waals surface area (Å²) < 4.78 is 0. The summed E-state index contributed by atoms with van der Waals surface area (Å²) in [5.74, 6) is -0.350. The van der Waals surface area contributed by atoms with E-state index in [1.165, 1.54) is 6.92 Å². The molecular weight excluding hydrogens is 150 g/mol. The second kappa shape index (κ2) is 5.06. The number of carbonyl (C=O) groups excluding carboxylic acids is 1. The molecule has 0 aliphatic carbocycles. The molecule has 0 aromatic carbocycles. The zero-order chi connectivity index (χ0) is 8.85. The molecule has 0 bridgehead atoms. The molecule has 5 heteroatoms. The van der Waals surface area contributed by atoms with E-state index in [4.69, 9.17) is 15.3 Å². The van der Waals surface area contributed by atoms with Crippen LogP contribution in [0.25, 0.3) is 0 Å². The fraction of sp³-hybridized carbons (Fsp3) is 0.833. The van der Waals surface area contributed by atoms with E-state index in [1.807, 2.05) is 0 Å². The van der Waals surface area contributed by atoms with Crippen molar-refractivity contribution in [2.24, 2.45) is 0 Å². The summed E-state index contributed by atoms with van der Waals surface area (Å²) >= 11 is 0. The van der Waals surface area contributed by atoms with Gasteiger partial charge in [0.05, 0.1) is 25.4 Å². The molecule has 0 rings (SSSR count). The Hall–Kier alpha value is -0.650. The van der Waals surface area contributed by atoms with Crippen LogP contribution in [-0.2, 0) is 4.79 Å². The lowest BCUT2D eigenvalue weighted by Gasteiger charge is -2.19. The third-order valence-electron chi connectivity index (χ3n) is 1.24. The largest absolute Gasteiger partial charge is 0.394 e. The van der Waals surface area contributed by atoms with Gasteiger partial charge in [-0.3, -0.25) is 4.79 Å². The SMILES string of the molecule is CC(=O)N[C@H](CO)[C@@H](O)CO. The first kappa shape index (κ1) is 10.3. The van der Waals surface area contributed by atoms with Crippen molar-refractivity contribution in [3.8, 4) is 0 Å². The summed E-state index contributed by atoms with van der Waals surface area (Å²) in [7, 11) is 0. The van der Waals surface area contributed by atoms with Crippen LogP contribution in [-0.4, -0.2) is 46.6 Å². The molecule has 0 saturated heterocycles. The van der Waals surface area contributed by atoms with Gasteiger partial charge in [0.25, 0.3) is 0 Å². The van der Waals surface area contributed by atoms with Gasteiger partial charge >= 0.3 is 0 Å². The van der Waals surface area contributed by atoms with Crippen LogP contribution in [0.15, 0.2) is 0 Å². The highest BCUT2D eigenvalue weighted by molar-refractivity contribution is 5.73. The molecule has 0 aromatic heterocycles. The predicted octanol–water partition coefficient (Wildman–Crippen LogP) is -2.16. The van der Waals surface area contributed by atoms with E-state index in [9.17, 15) is 4.79 Å². The molecule has 2 atom stereocenters. The van der Waals surface area contributed by atoms with Crippen molar-refractivity contribution < 1.29 is 20.1 Å². The molecule has 1 amide bonds. The lowest BCUT2D eigenvalue weighted by molar-refractivity contribution is -0.121. The Morgan fingerprint density at radius 3 is 2.27 bits per heavy atom. The van der Waals surface area contributed by atoms with E-state index < -0.39 is 18.8 Å². The Kier molecular flexibility index (Phi) is 4.76. The van der Waals surface area contributed by atoms with Crippen LogP contribution >= 0.6 is 0 Å². The Bertz CT molecular complexity index is 128. The maximum Gasteiger partial charge on any atom is 0.217 e. The topological polar surface area (TPSA) is 89.8 Å². The van der Waals surface area contributed by atoms with Gasteiger partial charge in [-0.1, -0.05) is 0 Å². The summed E-state index contributed by atoms with van der Waals surface area (Å²) in [5.41, 5.74) is 0. The highest BCUT2D eigenvalue weighted by atomic mass is 16.3. The van der Waals surface area contributed by atoms with Gasteiger partial charge in [-0.15, -0.1) is 0 Å². The number of aliphatic hydroxyl groups excluding tert-OH is 3. The Morgan fingerprint density at radius 2 is 2.00 bits per heavy atom. The highest BCUT2D eigenvalue weighted by Gasteiger charge is 2.17. The van der Waals surface area contributed by atoms with Gasteiger partial charge in [0, 0.05) is 6.92 Å². The minimum Gasteiger partial charge on any atom is -0.394 e. The number of carbonyl (C=O) groups is 1. The zero-order valence-electron chi connectivity index (χ0n) is 6.32. The van der Waals surface area contributed by atoms with E-state index in [1.54, 1.807) is 0 Å². The van der Waals surface area contributed by atoms with Crippen LogP contribution in [0.4, 0.5) is 0 Å². The Labute approximate surface area is 64.7 Å². The number of hydrogen-bond acceptors (Lipinski definition) is 4. The number of hydrogen-bond donors (Lipinski definition) is 4. The summed E-state index contributed by atoms with van der Waals surface area (Å²) in [6.45, 7) is 0.402. The van der Waals surface area contributed by atoms with Crippen molar-refractivity contribution in [2.75, 3.05) is 13.2 Å². The predicted molar refractivity (Wildman–Crippen MR) is 37.8 cm³/mol. The molecule has 0 spiro atoms. The molecule has 5 nitrogen and oxygen atoms in total. The molecule has 4 N–H and O–H groups in total. The van der Waals surface area contributed by atoms with E-state index in [0.29, 0.717) is 0 Å². The van der Waals surface area contributed by atoms with Crippen molar-refractivity contribution >= 4 is 5.91 Å². The molecule has 0 aliphatic rings. The highest BCUT2D eigenvalue weighted by Crippen LogP contribution is 1.90. The van der Waals surface area contributed by atoms with Crippen LogP contribution < -0.4 is 5.32 Å². The molecular formula is C6H13NO4. The summed E-state index contributed by atoms with van der Waals surface area (Å²) in [6, 6.07) is -0.780. The molecule has 11 heavy (non-hydrogen) atoms. The van der Waals surface area contributed by atoms with Crippen molar-refractivity contribution in [3.63, 3.8) is 0 Å². The first-order valence-corrected chi connectivity index (χ1v) is 3.28. The maximum atomic E-state index is 10.4. The minimum absolute atomic E-state index is 0.350. The quantitative estimate of drug-likeness (QED) is 0.380. The Balaban J connectivity index is 3.84. The normalized spacial score (nSPS) is 15.6. The molecule has 0 fully saturated rings. The third kappa shape index (κ3) is 3.92. The van der Waals surface area contributed by atoms with E-state index in [0.717, 1.165) is 0 Å². The van der Waals surface area contributed by atoms with E-state index >= 15 is 0 Å². The van der Waals surface area contributed by atoms with Gasteiger partial charge in [-0.05, 0) is 0 Å². The lowest BCUT2D eigenvalue weighted by Crippen LogP contribution is -2.46. The van der Waals surface area contributed by atoms with Crippen molar-refractivity contribution in [3.05, 3.63) is 0 Å². The minimum atomic E-state index is -1.11. The fourth-order valence-electron chi connectivity index (χ4n) is 0.652. The molecule has 0 radical (unpaired) electrons. The average molecular weight is 163 g/mol. The average Bonchev–Trinajstić information content (AvgIpc) is 1.98. The summed E-state index contributed by atoms with van der Waals surface area (Å²) in [6.07, 6.45) is -1.11. The number of amides is 1. The van der Waals surface area contributed by atoms with Gasteiger partial charge < -0.3 is 20.6 Å². The van der Waals surface area contributed by atoms with Crippen LogP contribution in [0.2, 0.25) is 0 Å². The van der Waals surface area contributed by atoms with Gasteiger partial charge in [0.15, 0.2) is 0 Å². The second-order valence-corrected chi connectivity index (χ2v) is 2.24. The molecule has 0 aromatic rings. The van der Waals surface area contributed by atoms with Crippen LogP contribution in [0.3, 0.4) is 0 Å². The van der Waals surface area contributed by atoms with Crippen LogP contribution in [0, 0.1) is 0 Å². The summed E-state index contributed by atoms with van der Waals surface area (Å²) in [5, 5.41) is 28.3. The smallest absolute Gasteiger partial charge is 0.217 e. The van der Waals surface area contributed by atoms with E-state index in [-0.39, 0.29) is 12.5 Å². The van der Waals surface area contributed by atoms with Gasteiger partial charge in [0.2, 0.25) is 5.91 Å². The van der Waals surface area contributed by atoms with Gasteiger partial charge in [0.1, 0.15) is 0 Å². The first-order chi connectivity index (χ1) is 5.11. The molecule has 0 heterocycles. The molecule has 66 valence electrons. The van der Waals surface area contributed by atoms with Crippen molar-refractivity contribution in [1.29, 1.82) is 0 Å².